The topological polar surface area (TPSA) is 153 Å². The van der Waals surface area contributed by atoms with Crippen molar-refractivity contribution in [2.75, 3.05) is 12.3 Å². The van der Waals surface area contributed by atoms with E-state index in [9.17, 15) is 9.59 Å². The van der Waals surface area contributed by atoms with Crippen molar-refractivity contribution >= 4 is 23.0 Å². The van der Waals surface area contributed by atoms with Crippen LogP contribution >= 0.6 is 0 Å². The van der Waals surface area contributed by atoms with Crippen LogP contribution < -0.4 is 17.0 Å². The molecule has 1 unspecified atom stereocenters. The third kappa shape index (κ3) is 2.55. The summed E-state index contributed by atoms with van der Waals surface area (Å²) in [6.07, 6.45) is 1.76. The van der Waals surface area contributed by atoms with E-state index >= 15 is 0 Å². The summed E-state index contributed by atoms with van der Waals surface area (Å²) in [5.41, 5.74) is 10.7. The van der Waals surface area contributed by atoms with E-state index in [4.69, 9.17) is 16.6 Å². The Morgan fingerprint density at radius 3 is 2.95 bits per heavy atom. The molecule has 102 valence electrons. The molecule has 0 saturated heterocycles. The van der Waals surface area contributed by atoms with Crippen LogP contribution in [0.2, 0.25) is 0 Å². The van der Waals surface area contributed by atoms with E-state index in [0.717, 1.165) is 0 Å². The molecule has 19 heavy (non-hydrogen) atoms. The van der Waals surface area contributed by atoms with Crippen molar-refractivity contribution in [3.05, 3.63) is 16.7 Å². The molecule has 9 nitrogen and oxygen atoms in total. The van der Waals surface area contributed by atoms with Gasteiger partial charge in [0.2, 0.25) is 11.9 Å². The second-order valence-corrected chi connectivity index (χ2v) is 4.13. The van der Waals surface area contributed by atoms with Crippen LogP contribution in [0.1, 0.15) is 6.42 Å². The Labute approximate surface area is 107 Å². The molecule has 0 saturated carbocycles. The maximum Gasteiger partial charge on any atom is 0.280 e. The van der Waals surface area contributed by atoms with Crippen molar-refractivity contribution < 1.29 is 9.90 Å². The number of primary amides is 1. The van der Waals surface area contributed by atoms with Gasteiger partial charge in [0.15, 0.2) is 11.2 Å². The molecule has 0 aliphatic heterocycles. The number of fused-ring (bicyclic) bond motifs is 1. The largest absolute Gasteiger partial charge is 0.396 e. The van der Waals surface area contributed by atoms with E-state index in [1.165, 1.54) is 6.33 Å². The number of nitrogens with two attached hydrogens (primary N) is 2. The third-order valence-electron chi connectivity index (χ3n) is 2.83. The lowest BCUT2D eigenvalue weighted by Crippen LogP contribution is -2.27. The zero-order valence-electron chi connectivity index (χ0n) is 10.0. The molecular weight excluding hydrogens is 252 g/mol. The first kappa shape index (κ1) is 13.0. The molecule has 2 aromatic heterocycles. The van der Waals surface area contributed by atoms with Crippen molar-refractivity contribution in [3.63, 3.8) is 0 Å². The summed E-state index contributed by atoms with van der Waals surface area (Å²) in [6.45, 7) is 0.0265. The average molecular weight is 266 g/mol. The number of nitrogens with one attached hydrogen (secondary N) is 1. The third-order valence-corrected chi connectivity index (χ3v) is 2.83. The molecule has 2 aromatic rings. The first-order chi connectivity index (χ1) is 9.02. The molecule has 1 atom stereocenters. The Bertz CT molecular complexity index is 661. The fourth-order valence-electron chi connectivity index (χ4n) is 1.75. The molecular formula is C10H14N6O3. The highest BCUT2D eigenvalue weighted by molar-refractivity contribution is 5.76. The average Bonchev–Trinajstić information content (AvgIpc) is 2.73. The van der Waals surface area contributed by atoms with Gasteiger partial charge in [0.1, 0.15) is 0 Å². The SMILES string of the molecule is NC(=O)C(CO)CCn1cnc2c(=O)[nH]c(N)nc21. The lowest BCUT2D eigenvalue weighted by atomic mass is 10.1. The molecule has 0 radical (unpaired) electrons. The van der Waals surface area contributed by atoms with Crippen molar-refractivity contribution in [2.45, 2.75) is 13.0 Å². The number of carbonyl (C=O) groups excluding carboxylic acids is 1. The first-order valence-corrected chi connectivity index (χ1v) is 5.63. The van der Waals surface area contributed by atoms with E-state index < -0.39 is 17.4 Å². The van der Waals surface area contributed by atoms with E-state index in [-0.39, 0.29) is 18.1 Å². The molecule has 0 aromatic carbocycles. The number of amides is 1. The molecule has 0 spiro atoms. The number of anilines is 1. The van der Waals surface area contributed by atoms with Gasteiger partial charge in [-0.25, -0.2) is 4.98 Å². The van der Waals surface area contributed by atoms with Crippen LogP contribution in [0.5, 0.6) is 0 Å². The van der Waals surface area contributed by atoms with Gasteiger partial charge in [-0.1, -0.05) is 0 Å². The van der Waals surface area contributed by atoms with Gasteiger partial charge in [0.25, 0.3) is 5.56 Å². The number of aliphatic hydroxyl groups is 1. The minimum atomic E-state index is -0.642. The van der Waals surface area contributed by atoms with Crippen LogP contribution in [0.4, 0.5) is 5.95 Å². The maximum atomic E-state index is 11.5. The van der Waals surface area contributed by atoms with E-state index in [0.29, 0.717) is 18.6 Å². The highest BCUT2D eigenvalue weighted by Gasteiger charge is 2.15. The number of aliphatic hydroxyl groups excluding tert-OH is 1. The predicted octanol–water partition coefficient (Wildman–Crippen LogP) is -1.81. The summed E-state index contributed by atoms with van der Waals surface area (Å²) < 4.78 is 1.59. The Hall–Kier alpha value is -2.42. The molecule has 0 aliphatic carbocycles. The number of aromatic amines is 1. The number of nitrogens with zero attached hydrogens (tertiary/aromatic N) is 3. The molecule has 6 N–H and O–H groups in total. The molecule has 9 heteroatoms. The minimum Gasteiger partial charge on any atom is -0.396 e. The van der Waals surface area contributed by atoms with E-state index in [2.05, 4.69) is 15.0 Å². The van der Waals surface area contributed by atoms with Crippen molar-refractivity contribution in [2.24, 2.45) is 11.7 Å². The number of rotatable bonds is 5. The zero-order chi connectivity index (χ0) is 14.0. The highest BCUT2D eigenvalue weighted by atomic mass is 16.3. The number of hydrogen-bond donors (Lipinski definition) is 4. The zero-order valence-corrected chi connectivity index (χ0v) is 10.0. The summed E-state index contributed by atoms with van der Waals surface area (Å²) in [6, 6.07) is 0. The lowest BCUT2D eigenvalue weighted by Gasteiger charge is -2.10. The number of imidazole rings is 1. The van der Waals surface area contributed by atoms with Crippen molar-refractivity contribution in [3.8, 4) is 0 Å². The summed E-state index contributed by atoms with van der Waals surface area (Å²) >= 11 is 0. The van der Waals surface area contributed by atoms with Gasteiger partial charge in [0, 0.05) is 6.54 Å². The Morgan fingerprint density at radius 2 is 2.32 bits per heavy atom. The lowest BCUT2D eigenvalue weighted by molar-refractivity contribution is -0.123. The first-order valence-electron chi connectivity index (χ1n) is 5.63. The Kier molecular flexibility index (Phi) is 3.47. The second-order valence-electron chi connectivity index (χ2n) is 4.13. The Balaban J connectivity index is 2.27. The summed E-state index contributed by atoms with van der Waals surface area (Å²) in [5, 5.41) is 9.01. The monoisotopic (exact) mass is 266 g/mol. The van der Waals surface area contributed by atoms with Gasteiger partial charge >= 0.3 is 0 Å². The maximum absolute atomic E-state index is 11.5. The number of hydrogen-bond acceptors (Lipinski definition) is 6. The van der Waals surface area contributed by atoms with Gasteiger partial charge in [-0.3, -0.25) is 14.6 Å². The minimum absolute atomic E-state index is 0.00661. The van der Waals surface area contributed by atoms with Crippen LogP contribution in [0.15, 0.2) is 11.1 Å². The smallest absolute Gasteiger partial charge is 0.280 e. The molecule has 2 rings (SSSR count). The van der Waals surface area contributed by atoms with Crippen LogP contribution in [0.3, 0.4) is 0 Å². The normalized spacial score (nSPS) is 12.7. The van der Waals surface area contributed by atoms with Gasteiger partial charge in [-0.05, 0) is 6.42 Å². The summed E-state index contributed by atoms with van der Waals surface area (Å²) in [5.74, 6) is -1.22. The number of aryl methyl sites for hydroxylation is 1. The van der Waals surface area contributed by atoms with Gasteiger partial charge < -0.3 is 21.1 Å². The van der Waals surface area contributed by atoms with E-state index in [1.54, 1.807) is 4.57 Å². The van der Waals surface area contributed by atoms with Crippen LogP contribution in [-0.2, 0) is 11.3 Å². The standard InChI is InChI=1S/C10H14N6O3/c11-7(18)5(3-17)1-2-16-4-13-6-8(16)14-10(12)15-9(6)19/h4-5,17H,1-3H2,(H2,11,18)(H3,12,14,15,19). The van der Waals surface area contributed by atoms with Crippen molar-refractivity contribution in [1.29, 1.82) is 0 Å². The number of H-pyrrole nitrogens is 1. The van der Waals surface area contributed by atoms with Crippen molar-refractivity contribution in [1.82, 2.24) is 19.5 Å². The second kappa shape index (κ2) is 5.06. The fraction of sp³-hybridized carbons (Fsp3) is 0.400. The number of aromatic nitrogens is 4. The molecule has 0 fully saturated rings. The van der Waals surface area contributed by atoms with Crippen LogP contribution in [-0.4, -0.2) is 37.1 Å². The molecule has 1 amide bonds. The fourth-order valence-corrected chi connectivity index (χ4v) is 1.75. The van der Waals surface area contributed by atoms with Gasteiger partial charge in [-0.15, -0.1) is 0 Å². The van der Waals surface area contributed by atoms with Crippen LogP contribution in [0, 0.1) is 5.92 Å². The number of nitrogen functional groups attached to an aromatic ring is 1. The summed E-state index contributed by atoms with van der Waals surface area (Å²) in [4.78, 5) is 32.8. The van der Waals surface area contributed by atoms with Crippen LogP contribution in [0.25, 0.3) is 11.2 Å². The highest BCUT2D eigenvalue weighted by Crippen LogP contribution is 2.10. The molecule has 0 aliphatic rings. The summed E-state index contributed by atoms with van der Waals surface area (Å²) in [7, 11) is 0. The molecule has 0 bridgehead atoms. The predicted molar refractivity (Wildman–Crippen MR) is 66.9 cm³/mol. The molecule has 2 heterocycles. The quantitative estimate of drug-likeness (QED) is 0.500. The Morgan fingerprint density at radius 1 is 1.58 bits per heavy atom. The van der Waals surface area contributed by atoms with Gasteiger partial charge in [0.05, 0.1) is 18.9 Å². The van der Waals surface area contributed by atoms with Gasteiger partial charge in [-0.2, -0.15) is 4.98 Å². The van der Waals surface area contributed by atoms with E-state index in [1.807, 2.05) is 0 Å². The number of carbonyl (C=O) groups is 1.